The number of carbonyl (C=O) groups is 1. The molecule has 0 rings (SSSR count). The second kappa shape index (κ2) is 4.72. The fourth-order valence-corrected chi connectivity index (χ4v) is 1.19. The molecule has 3 nitrogen and oxygen atoms in total. The van der Waals surface area contributed by atoms with Gasteiger partial charge in [0.2, 0.25) is 0 Å². The van der Waals surface area contributed by atoms with Crippen molar-refractivity contribution in [1.82, 2.24) is 0 Å². The van der Waals surface area contributed by atoms with Crippen molar-refractivity contribution in [2.75, 3.05) is 13.4 Å². The Hall–Kier alpha value is -0.220. The number of hydrogen-bond donors (Lipinski definition) is 1. The van der Waals surface area contributed by atoms with Crippen LogP contribution in [-0.4, -0.2) is 30.1 Å². The van der Waals surface area contributed by atoms with Gasteiger partial charge in [0.05, 0.1) is 7.11 Å². The Kier molecular flexibility index (Phi) is 4.63. The molecule has 0 saturated carbocycles. The molecule has 0 aromatic heterocycles. The van der Waals surface area contributed by atoms with Gasteiger partial charge in [-0.15, -0.1) is 0 Å². The zero-order valence-corrected chi connectivity index (χ0v) is 8.90. The van der Waals surface area contributed by atoms with Crippen LogP contribution in [-0.2, 0) is 9.53 Å². The van der Waals surface area contributed by atoms with Gasteiger partial charge in [0.15, 0.2) is 0 Å². The number of esters is 1. The second-order valence-corrected chi connectivity index (χ2v) is 4.81. The predicted molar refractivity (Wildman–Crippen MR) is 52.2 cm³/mol. The molecule has 72 valence electrons. The van der Waals surface area contributed by atoms with Crippen LogP contribution in [0.1, 0.15) is 20.3 Å². The van der Waals surface area contributed by atoms with Gasteiger partial charge in [-0.05, 0) is 12.7 Å². The van der Waals surface area contributed by atoms with E-state index < -0.39 is 6.04 Å². The summed E-state index contributed by atoms with van der Waals surface area (Å²) in [6, 6.07) is -0.502. The maximum atomic E-state index is 10.9. The number of methoxy groups -OCH3 is 1. The van der Waals surface area contributed by atoms with E-state index in [1.807, 2.05) is 6.26 Å². The van der Waals surface area contributed by atoms with Crippen molar-refractivity contribution in [2.24, 2.45) is 5.73 Å². The number of thioether (sulfide) groups is 1. The maximum Gasteiger partial charge on any atom is 0.322 e. The minimum Gasteiger partial charge on any atom is -0.468 e. The molecular weight excluding hydrogens is 174 g/mol. The van der Waals surface area contributed by atoms with Crippen LogP contribution < -0.4 is 5.73 Å². The van der Waals surface area contributed by atoms with E-state index in [1.165, 1.54) is 7.11 Å². The molecule has 2 N–H and O–H groups in total. The summed E-state index contributed by atoms with van der Waals surface area (Å²) >= 11 is 1.70. The Morgan fingerprint density at radius 3 is 2.50 bits per heavy atom. The molecule has 0 spiro atoms. The van der Waals surface area contributed by atoms with Crippen molar-refractivity contribution in [3.05, 3.63) is 0 Å². The molecule has 0 fully saturated rings. The highest BCUT2D eigenvalue weighted by Gasteiger charge is 2.24. The quantitative estimate of drug-likeness (QED) is 0.674. The first kappa shape index (κ1) is 11.8. The third-order valence-corrected chi connectivity index (χ3v) is 3.04. The van der Waals surface area contributed by atoms with Crippen LogP contribution in [0, 0.1) is 0 Å². The summed E-state index contributed by atoms with van der Waals surface area (Å²) in [5, 5.41) is 0. The van der Waals surface area contributed by atoms with E-state index in [9.17, 15) is 4.79 Å². The van der Waals surface area contributed by atoms with E-state index in [0.717, 1.165) is 0 Å². The van der Waals surface area contributed by atoms with Gasteiger partial charge in [0.25, 0.3) is 0 Å². The number of carbonyl (C=O) groups excluding carboxylic acids is 1. The lowest BCUT2D eigenvalue weighted by Crippen LogP contribution is -2.37. The Bertz CT molecular complexity index is 159. The molecule has 0 aliphatic rings. The summed E-state index contributed by atoms with van der Waals surface area (Å²) in [5.74, 6) is -0.336. The van der Waals surface area contributed by atoms with Crippen molar-refractivity contribution in [3.63, 3.8) is 0 Å². The fourth-order valence-electron chi connectivity index (χ4n) is 0.848. The predicted octanol–water partition coefficient (Wildman–Crippen LogP) is 1.02. The van der Waals surface area contributed by atoms with Gasteiger partial charge in [-0.1, -0.05) is 13.8 Å². The van der Waals surface area contributed by atoms with Crippen LogP contribution in [0.5, 0.6) is 0 Å². The van der Waals surface area contributed by atoms with Crippen molar-refractivity contribution >= 4 is 17.7 Å². The second-order valence-electron chi connectivity index (χ2n) is 3.30. The van der Waals surface area contributed by atoms with Gasteiger partial charge in [-0.2, -0.15) is 11.8 Å². The van der Waals surface area contributed by atoms with Crippen LogP contribution >= 0.6 is 11.8 Å². The molecule has 0 unspecified atom stereocenters. The van der Waals surface area contributed by atoms with E-state index in [4.69, 9.17) is 5.73 Å². The fraction of sp³-hybridized carbons (Fsp3) is 0.875. The largest absolute Gasteiger partial charge is 0.468 e. The van der Waals surface area contributed by atoms with Crippen LogP contribution in [0.25, 0.3) is 0 Å². The average molecular weight is 191 g/mol. The summed E-state index contributed by atoms with van der Waals surface area (Å²) in [6.45, 7) is 4.11. The molecule has 0 aliphatic heterocycles. The monoisotopic (exact) mass is 191 g/mol. The molecule has 1 atom stereocenters. The zero-order valence-electron chi connectivity index (χ0n) is 8.09. The van der Waals surface area contributed by atoms with E-state index >= 15 is 0 Å². The van der Waals surface area contributed by atoms with E-state index in [1.54, 1.807) is 11.8 Å². The molecule has 0 bridgehead atoms. The van der Waals surface area contributed by atoms with Crippen LogP contribution in [0.15, 0.2) is 0 Å². The lowest BCUT2D eigenvalue weighted by Gasteiger charge is -2.24. The normalized spacial score (nSPS) is 14.1. The molecule has 0 aromatic rings. The molecule has 0 radical (unpaired) electrons. The Balaban J connectivity index is 3.99. The highest BCUT2D eigenvalue weighted by atomic mass is 32.2. The molecule has 0 heterocycles. The lowest BCUT2D eigenvalue weighted by molar-refractivity contribution is -0.142. The van der Waals surface area contributed by atoms with E-state index in [-0.39, 0.29) is 10.7 Å². The van der Waals surface area contributed by atoms with Crippen LogP contribution in [0.3, 0.4) is 0 Å². The first-order valence-electron chi connectivity index (χ1n) is 3.81. The zero-order chi connectivity index (χ0) is 9.78. The Morgan fingerprint density at radius 2 is 2.17 bits per heavy atom. The first-order valence-corrected chi connectivity index (χ1v) is 5.04. The topological polar surface area (TPSA) is 52.3 Å². The molecule has 0 amide bonds. The Morgan fingerprint density at radius 1 is 1.67 bits per heavy atom. The highest BCUT2D eigenvalue weighted by Crippen LogP contribution is 2.26. The summed E-state index contributed by atoms with van der Waals surface area (Å²) in [6.07, 6.45) is 2.64. The maximum absolute atomic E-state index is 10.9. The van der Waals surface area contributed by atoms with Crippen molar-refractivity contribution in [2.45, 2.75) is 31.1 Å². The minimum atomic E-state index is -0.502. The lowest BCUT2D eigenvalue weighted by atomic mass is 10.0. The number of nitrogens with two attached hydrogens (primary N) is 1. The van der Waals surface area contributed by atoms with E-state index in [0.29, 0.717) is 6.42 Å². The molecule has 4 heteroatoms. The number of rotatable bonds is 4. The summed E-state index contributed by atoms with van der Waals surface area (Å²) in [7, 11) is 1.36. The third-order valence-electron chi connectivity index (χ3n) is 1.77. The van der Waals surface area contributed by atoms with Crippen molar-refractivity contribution in [3.8, 4) is 0 Å². The van der Waals surface area contributed by atoms with Gasteiger partial charge in [0, 0.05) is 4.75 Å². The SMILES string of the molecule is COC(=O)[C@@H](N)CC(C)(C)SC. The number of ether oxygens (including phenoxy) is 1. The van der Waals surface area contributed by atoms with Crippen molar-refractivity contribution in [1.29, 1.82) is 0 Å². The van der Waals surface area contributed by atoms with E-state index in [2.05, 4.69) is 18.6 Å². The molecular formula is C8H17NO2S. The summed E-state index contributed by atoms with van der Waals surface area (Å²) in [5.41, 5.74) is 5.60. The van der Waals surface area contributed by atoms with Gasteiger partial charge in [0.1, 0.15) is 6.04 Å². The number of hydrogen-bond acceptors (Lipinski definition) is 4. The third kappa shape index (κ3) is 3.97. The Labute approximate surface area is 78.0 Å². The van der Waals surface area contributed by atoms with Crippen molar-refractivity contribution < 1.29 is 9.53 Å². The smallest absolute Gasteiger partial charge is 0.322 e. The first-order chi connectivity index (χ1) is 5.43. The van der Waals surface area contributed by atoms with Gasteiger partial charge < -0.3 is 10.5 Å². The van der Waals surface area contributed by atoms with Crippen LogP contribution in [0.2, 0.25) is 0 Å². The standard InChI is InChI=1S/C8H17NO2S/c1-8(2,12-4)5-6(9)7(10)11-3/h6H,5,9H2,1-4H3/t6-/m0/s1. The average Bonchev–Trinajstić information content (AvgIpc) is 2.02. The molecule has 12 heavy (non-hydrogen) atoms. The van der Waals surface area contributed by atoms with Gasteiger partial charge >= 0.3 is 5.97 Å². The molecule has 0 aromatic carbocycles. The van der Waals surface area contributed by atoms with Gasteiger partial charge in [-0.25, -0.2) is 0 Å². The highest BCUT2D eigenvalue weighted by molar-refractivity contribution is 7.99. The summed E-state index contributed by atoms with van der Waals surface area (Å²) < 4.78 is 4.56. The minimum absolute atomic E-state index is 0.0353. The van der Waals surface area contributed by atoms with Crippen LogP contribution in [0.4, 0.5) is 0 Å². The summed E-state index contributed by atoms with van der Waals surface area (Å²) in [4.78, 5) is 10.9. The molecule has 0 saturated heterocycles. The van der Waals surface area contributed by atoms with Gasteiger partial charge in [-0.3, -0.25) is 4.79 Å². The molecule has 0 aliphatic carbocycles.